The molecular formula is C15H27N3O3. The lowest BCUT2D eigenvalue weighted by Gasteiger charge is -2.32. The summed E-state index contributed by atoms with van der Waals surface area (Å²) in [6.07, 6.45) is 6.52. The molecule has 2 amide bonds. The largest absolute Gasteiger partial charge is 0.480 e. The highest BCUT2D eigenvalue weighted by atomic mass is 16.4. The zero-order valence-corrected chi connectivity index (χ0v) is 13.0. The standard InChI is InChI=1S/C15H27N3O3/c1-16(10-11-17-8-4-5-9-17)15(21)18(12-14(19)20)13-6-2-3-7-13/h13H,2-12H2,1H3,(H,19,20). The van der Waals surface area contributed by atoms with Crippen LogP contribution in [-0.4, -0.2) is 77.6 Å². The van der Waals surface area contributed by atoms with E-state index in [4.69, 9.17) is 5.11 Å². The van der Waals surface area contributed by atoms with Gasteiger partial charge in [-0.3, -0.25) is 4.79 Å². The molecule has 2 aliphatic rings. The number of likely N-dealkylation sites (N-methyl/N-ethyl adjacent to an activating group) is 1. The van der Waals surface area contributed by atoms with E-state index in [1.807, 2.05) is 0 Å². The van der Waals surface area contributed by atoms with Crippen molar-refractivity contribution in [2.45, 2.75) is 44.6 Å². The molecule has 1 aliphatic carbocycles. The Balaban J connectivity index is 1.87. The molecule has 0 radical (unpaired) electrons. The number of carbonyl (C=O) groups excluding carboxylic acids is 1. The fraction of sp³-hybridized carbons (Fsp3) is 0.867. The van der Waals surface area contributed by atoms with Gasteiger partial charge in [-0.05, 0) is 38.8 Å². The van der Waals surface area contributed by atoms with Crippen molar-refractivity contribution in [2.24, 2.45) is 0 Å². The molecule has 0 unspecified atom stereocenters. The van der Waals surface area contributed by atoms with E-state index in [9.17, 15) is 9.59 Å². The zero-order chi connectivity index (χ0) is 15.2. The van der Waals surface area contributed by atoms with Gasteiger partial charge >= 0.3 is 12.0 Å². The fourth-order valence-electron chi connectivity index (χ4n) is 3.33. The summed E-state index contributed by atoms with van der Waals surface area (Å²) in [5, 5.41) is 9.06. The van der Waals surface area contributed by atoms with Crippen molar-refractivity contribution in [2.75, 3.05) is 39.8 Å². The van der Waals surface area contributed by atoms with Crippen LogP contribution in [0.3, 0.4) is 0 Å². The van der Waals surface area contributed by atoms with Crippen molar-refractivity contribution in [3.8, 4) is 0 Å². The molecule has 0 spiro atoms. The van der Waals surface area contributed by atoms with E-state index in [0.29, 0.717) is 6.54 Å². The van der Waals surface area contributed by atoms with Gasteiger partial charge in [0, 0.05) is 26.2 Å². The van der Waals surface area contributed by atoms with Gasteiger partial charge in [-0.2, -0.15) is 0 Å². The molecule has 0 aromatic heterocycles. The minimum Gasteiger partial charge on any atom is -0.480 e. The fourth-order valence-corrected chi connectivity index (χ4v) is 3.33. The highest BCUT2D eigenvalue weighted by Crippen LogP contribution is 2.24. The molecule has 6 heteroatoms. The third kappa shape index (κ3) is 4.59. The number of nitrogens with zero attached hydrogens (tertiary/aromatic N) is 3. The van der Waals surface area contributed by atoms with E-state index in [2.05, 4.69) is 4.90 Å². The second-order valence-corrected chi connectivity index (χ2v) is 6.21. The van der Waals surface area contributed by atoms with Gasteiger partial charge in [-0.15, -0.1) is 0 Å². The first-order valence-electron chi connectivity index (χ1n) is 8.04. The lowest BCUT2D eigenvalue weighted by atomic mass is 10.2. The van der Waals surface area contributed by atoms with Crippen LogP contribution < -0.4 is 0 Å². The van der Waals surface area contributed by atoms with Crippen LogP contribution in [0.4, 0.5) is 4.79 Å². The van der Waals surface area contributed by atoms with Gasteiger partial charge in [0.15, 0.2) is 0 Å². The first kappa shape index (κ1) is 16.1. The van der Waals surface area contributed by atoms with Crippen molar-refractivity contribution in [3.63, 3.8) is 0 Å². The van der Waals surface area contributed by atoms with E-state index < -0.39 is 5.97 Å². The van der Waals surface area contributed by atoms with Crippen LogP contribution in [0, 0.1) is 0 Å². The molecule has 0 aromatic rings. The van der Waals surface area contributed by atoms with Crippen molar-refractivity contribution in [3.05, 3.63) is 0 Å². The summed E-state index contributed by atoms with van der Waals surface area (Å²) in [6.45, 7) is 3.60. The van der Waals surface area contributed by atoms with Crippen molar-refractivity contribution in [1.29, 1.82) is 0 Å². The van der Waals surface area contributed by atoms with E-state index >= 15 is 0 Å². The van der Waals surface area contributed by atoms with Crippen molar-refractivity contribution < 1.29 is 14.7 Å². The monoisotopic (exact) mass is 297 g/mol. The molecule has 1 N–H and O–H groups in total. The summed E-state index contributed by atoms with van der Waals surface area (Å²) in [4.78, 5) is 29.2. The maximum absolute atomic E-state index is 12.5. The highest BCUT2D eigenvalue weighted by Gasteiger charge is 2.30. The molecule has 0 atom stereocenters. The Morgan fingerprint density at radius 1 is 1.14 bits per heavy atom. The van der Waals surface area contributed by atoms with E-state index in [1.165, 1.54) is 12.8 Å². The Bertz CT molecular complexity index is 363. The summed E-state index contributed by atoms with van der Waals surface area (Å²) in [5.41, 5.74) is 0. The molecule has 0 bridgehead atoms. The third-order valence-electron chi connectivity index (χ3n) is 4.59. The summed E-state index contributed by atoms with van der Waals surface area (Å²) in [6, 6.07) is -0.0358. The number of rotatable bonds is 6. The lowest BCUT2D eigenvalue weighted by Crippen LogP contribution is -2.49. The van der Waals surface area contributed by atoms with Gasteiger partial charge in [0.2, 0.25) is 0 Å². The normalized spacial score (nSPS) is 19.9. The van der Waals surface area contributed by atoms with E-state index in [0.717, 1.165) is 45.3 Å². The van der Waals surface area contributed by atoms with Gasteiger partial charge in [0.25, 0.3) is 0 Å². The summed E-state index contributed by atoms with van der Waals surface area (Å²) in [7, 11) is 1.78. The Hall–Kier alpha value is -1.30. The van der Waals surface area contributed by atoms with Crippen LogP contribution in [-0.2, 0) is 4.79 Å². The van der Waals surface area contributed by atoms with Crippen LogP contribution in [0.25, 0.3) is 0 Å². The van der Waals surface area contributed by atoms with Crippen LogP contribution in [0.2, 0.25) is 0 Å². The van der Waals surface area contributed by atoms with Crippen LogP contribution in [0.1, 0.15) is 38.5 Å². The summed E-state index contributed by atoms with van der Waals surface area (Å²) in [5.74, 6) is -0.928. The third-order valence-corrected chi connectivity index (χ3v) is 4.59. The molecular weight excluding hydrogens is 270 g/mol. The van der Waals surface area contributed by atoms with Crippen LogP contribution in [0.5, 0.6) is 0 Å². The predicted octanol–water partition coefficient (Wildman–Crippen LogP) is 1.46. The molecule has 120 valence electrons. The maximum Gasteiger partial charge on any atom is 0.323 e. The molecule has 1 saturated heterocycles. The second-order valence-electron chi connectivity index (χ2n) is 6.21. The quantitative estimate of drug-likeness (QED) is 0.806. The number of carbonyl (C=O) groups is 2. The molecule has 0 aromatic carbocycles. The molecule has 2 rings (SSSR count). The number of likely N-dealkylation sites (tertiary alicyclic amines) is 1. The number of aliphatic carboxylic acids is 1. The summed E-state index contributed by atoms with van der Waals surface area (Å²) < 4.78 is 0. The first-order chi connectivity index (χ1) is 10.1. The average molecular weight is 297 g/mol. The summed E-state index contributed by atoms with van der Waals surface area (Å²) >= 11 is 0. The number of carboxylic acids is 1. The van der Waals surface area contributed by atoms with Crippen molar-refractivity contribution >= 4 is 12.0 Å². The van der Waals surface area contributed by atoms with Crippen LogP contribution in [0.15, 0.2) is 0 Å². The van der Waals surface area contributed by atoms with Gasteiger partial charge in [0.05, 0.1) is 0 Å². The predicted molar refractivity (Wildman–Crippen MR) is 80.3 cm³/mol. The maximum atomic E-state index is 12.5. The highest BCUT2D eigenvalue weighted by molar-refractivity contribution is 5.80. The molecule has 1 heterocycles. The minimum atomic E-state index is -0.928. The number of hydrogen-bond acceptors (Lipinski definition) is 3. The molecule has 2 fully saturated rings. The van der Waals surface area contributed by atoms with Crippen molar-refractivity contribution in [1.82, 2.24) is 14.7 Å². The average Bonchev–Trinajstić information content (AvgIpc) is 3.13. The Morgan fingerprint density at radius 3 is 2.33 bits per heavy atom. The molecule has 1 aliphatic heterocycles. The molecule has 1 saturated carbocycles. The van der Waals surface area contributed by atoms with Gasteiger partial charge in [-0.25, -0.2) is 4.79 Å². The zero-order valence-electron chi connectivity index (χ0n) is 13.0. The van der Waals surface area contributed by atoms with E-state index in [1.54, 1.807) is 16.8 Å². The Morgan fingerprint density at radius 2 is 1.76 bits per heavy atom. The number of hydrogen-bond donors (Lipinski definition) is 1. The lowest BCUT2D eigenvalue weighted by molar-refractivity contribution is -0.138. The second kappa shape index (κ2) is 7.64. The number of urea groups is 1. The van der Waals surface area contributed by atoms with Gasteiger partial charge < -0.3 is 19.8 Å². The smallest absolute Gasteiger partial charge is 0.323 e. The Kier molecular flexibility index (Phi) is 5.85. The minimum absolute atomic E-state index is 0.0998. The Labute approximate surface area is 126 Å². The van der Waals surface area contributed by atoms with Crippen LogP contribution >= 0.6 is 0 Å². The molecule has 21 heavy (non-hydrogen) atoms. The van der Waals surface area contributed by atoms with Gasteiger partial charge in [-0.1, -0.05) is 12.8 Å². The number of carboxylic acid groups (broad SMARTS) is 1. The van der Waals surface area contributed by atoms with Gasteiger partial charge in [0.1, 0.15) is 6.54 Å². The SMILES string of the molecule is CN(CCN1CCCC1)C(=O)N(CC(=O)O)C1CCCC1. The number of amides is 2. The topological polar surface area (TPSA) is 64.1 Å². The molecule has 6 nitrogen and oxygen atoms in total. The first-order valence-corrected chi connectivity index (χ1v) is 8.04. The van der Waals surface area contributed by atoms with E-state index in [-0.39, 0.29) is 18.6 Å².